The summed E-state index contributed by atoms with van der Waals surface area (Å²) in [5.41, 5.74) is 3.12. The molecule has 26 heavy (non-hydrogen) atoms. The molecule has 0 radical (unpaired) electrons. The number of aryl methyl sites for hydroxylation is 2. The van der Waals surface area contributed by atoms with Gasteiger partial charge >= 0.3 is 0 Å². The van der Waals surface area contributed by atoms with Crippen molar-refractivity contribution in [1.82, 2.24) is 14.5 Å². The quantitative estimate of drug-likeness (QED) is 0.701. The first-order valence-electron chi connectivity index (χ1n) is 8.54. The van der Waals surface area contributed by atoms with E-state index in [4.69, 9.17) is 0 Å². The zero-order chi connectivity index (χ0) is 18.3. The number of aromatic nitrogens is 2. The average molecular weight is 365 g/mol. The monoisotopic (exact) mass is 365 g/mol. The second kappa shape index (κ2) is 6.53. The van der Waals surface area contributed by atoms with Gasteiger partial charge in [0.15, 0.2) is 0 Å². The Kier molecular flexibility index (Phi) is 4.20. The van der Waals surface area contributed by atoms with Gasteiger partial charge in [-0.05, 0) is 30.0 Å². The lowest BCUT2D eigenvalue weighted by atomic mass is 9.99. The fourth-order valence-electron chi connectivity index (χ4n) is 3.32. The number of thiophene rings is 1. The molecule has 0 saturated heterocycles. The van der Waals surface area contributed by atoms with Crippen LogP contribution in [0.4, 0.5) is 0 Å². The van der Waals surface area contributed by atoms with Crippen molar-refractivity contribution in [3.05, 3.63) is 69.1 Å². The number of carbonyl (C=O) groups excluding carboxylic acids is 1. The minimum absolute atomic E-state index is 0.0177. The van der Waals surface area contributed by atoms with Crippen molar-refractivity contribution in [1.29, 1.82) is 0 Å². The summed E-state index contributed by atoms with van der Waals surface area (Å²) < 4.78 is 1.45. The molecule has 5 nitrogen and oxygen atoms in total. The summed E-state index contributed by atoms with van der Waals surface area (Å²) in [5.74, 6) is -0.0177. The van der Waals surface area contributed by atoms with Crippen LogP contribution in [0.1, 0.15) is 27.2 Å². The van der Waals surface area contributed by atoms with E-state index in [0.717, 1.165) is 12.0 Å². The number of amides is 1. The average Bonchev–Trinajstić information content (AvgIpc) is 3.02. The summed E-state index contributed by atoms with van der Waals surface area (Å²) in [6, 6.07) is 10.3. The molecule has 4 rings (SSSR count). The van der Waals surface area contributed by atoms with Crippen LogP contribution < -0.4 is 5.56 Å². The van der Waals surface area contributed by atoms with E-state index in [1.807, 2.05) is 30.0 Å². The number of benzene rings is 1. The summed E-state index contributed by atoms with van der Waals surface area (Å²) in [6.45, 7) is 3.10. The summed E-state index contributed by atoms with van der Waals surface area (Å²) in [7, 11) is 1.67. The number of fused-ring (bicyclic) bond motifs is 1. The zero-order valence-electron chi connectivity index (χ0n) is 14.7. The molecule has 0 fully saturated rings. The zero-order valence-corrected chi connectivity index (χ0v) is 15.5. The molecule has 0 atom stereocenters. The topological polar surface area (TPSA) is 55.2 Å². The third-order valence-corrected chi connectivity index (χ3v) is 6.03. The lowest BCUT2D eigenvalue weighted by molar-refractivity contribution is 0.0777. The van der Waals surface area contributed by atoms with Gasteiger partial charge in [-0.3, -0.25) is 9.59 Å². The maximum absolute atomic E-state index is 13.0. The Morgan fingerprint density at radius 2 is 2.00 bits per heavy atom. The molecule has 1 aliphatic heterocycles. The molecule has 3 aromatic rings. The van der Waals surface area contributed by atoms with Crippen molar-refractivity contribution in [2.45, 2.75) is 13.3 Å². The Labute approximate surface area is 155 Å². The normalized spacial score (nSPS) is 14.5. The Balaban J connectivity index is 1.63. The SMILES string of the molecule is Cc1c(C(=O)N2CC=C(c3ccccc3)CC2)sc2ncn(C)c(=O)c12. The predicted molar refractivity (Wildman–Crippen MR) is 105 cm³/mol. The molecule has 2 aromatic heterocycles. The van der Waals surface area contributed by atoms with E-state index in [9.17, 15) is 9.59 Å². The molecule has 0 aliphatic carbocycles. The number of hydrogen-bond donors (Lipinski definition) is 0. The Morgan fingerprint density at radius 1 is 1.23 bits per heavy atom. The van der Waals surface area contributed by atoms with E-state index in [1.165, 1.54) is 33.4 Å². The Morgan fingerprint density at radius 3 is 2.69 bits per heavy atom. The first kappa shape index (κ1) is 16.7. The second-order valence-electron chi connectivity index (χ2n) is 6.49. The smallest absolute Gasteiger partial charge is 0.264 e. The van der Waals surface area contributed by atoms with Crippen molar-refractivity contribution >= 4 is 33.0 Å². The molecule has 0 saturated carbocycles. The van der Waals surface area contributed by atoms with E-state index in [1.54, 1.807) is 7.05 Å². The van der Waals surface area contributed by atoms with Crippen molar-refractivity contribution in [3.8, 4) is 0 Å². The molecule has 1 amide bonds. The first-order valence-corrected chi connectivity index (χ1v) is 9.36. The Bertz CT molecular complexity index is 1080. The standard InChI is InChI=1S/C20H19N3O2S/c1-13-16-18(21-12-22(2)19(16)24)26-17(13)20(25)23-10-8-15(9-11-23)14-6-4-3-5-7-14/h3-8,12H,9-11H2,1-2H3. The van der Waals surface area contributed by atoms with Crippen molar-refractivity contribution in [2.75, 3.05) is 13.1 Å². The van der Waals surface area contributed by atoms with Gasteiger partial charge < -0.3 is 9.47 Å². The van der Waals surface area contributed by atoms with Crippen molar-refractivity contribution in [2.24, 2.45) is 7.05 Å². The molecule has 0 N–H and O–H groups in total. The number of hydrogen-bond acceptors (Lipinski definition) is 4. The summed E-state index contributed by atoms with van der Waals surface area (Å²) in [6.07, 6.45) is 4.46. The third-order valence-electron chi connectivity index (χ3n) is 4.85. The highest BCUT2D eigenvalue weighted by atomic mass is 32.1. The van der Waals surface area contributed by atoms with Crippen LogP contribution in [-0.2, 0) is 7.05 Å². The van der Waals surface area contributed by atoms with E-state index in [0.29, 0.717) is 28.2 Å². The van der Waals surface area contributed by atoms with Gasteiger partial charge in [0.25, 0.3) is 11.5 Å². The van der Waals surface area contributed by atoms with E-state index < -0.39 is 0 Å². The van der Waals surface area contributed by atoms with Gasteiger partial charge in [0, 0.05) is 20.1 Å². The second-order valence-corrected chi connectivity index (χ2v) is 7.49. The number of carbonyl (C=O) groups is 1. The fourth-order valence-corrected chi connectivity index (χ4v) is 4.43. The van der Waals surface area contributed by atoms with Gasteiger partial charge in [-0.1, -0.05) is 36.4 Å². The van der Waals surface area contributed by atoms with E-state index in [-0.39, 0.29) is 11.5 Å². The highest BCUT2D eigenvalue weighted by molar-refractivity contribution is 7.20. The molecule has 1 aromatic carbocycles. The molecule has 0 bridgehead atoms. The van der Waals surface area contributed by atoms with Crippen LogP contribution in [0, 0.1) is 6.92 Å². The largest absolute Gasteiger partial charge is 0.334 e. The predicted octanol–water partition coefficient (Wildman–Crippen LogP) is 3.23. The van der Waals surface area contributed by atoms with Crippen LogP contribution in [0.15, 0.2) is 47.5 Å². The van der Waals surface area contributed by atoms with Crippen LogP contribution in [-0.4, -0.2) is 33.4 Å². The van der Waals surface area contributed by atoms with E-state index >= 15 is 0 Å². The van der Waals surface area contributed by atoms with Gasteiger partial charge in [0.1, 0.15) is 4.83 Å². The maximum Gasteiger partial charge on any atom is 0.264 e. The molecule has 0 spiro atoms. The van der Waals surface area contributed by atoms with Gasteiger partial charge in [-0.25, -0.2) is 4.98 Å². The minimum atomic E-state index is -0.104. The molecule has 3 heterocycles. The molecular formula is C20H19N3O2S. The minimum Gasteiger partial charge on any atom is -0.334 e. The lowest BCUT2D eigenvalue weighted by Crippen LogP contribution is -2.34. The van der Waals surface area contributed by atoms with Gasteiger partial charge in [0.2, 0.25) is 0 Å². The van der Waals surface area contributed by atoms with Crippen LogP contribution >= 0.6 is 11.3 Å². The van der Waals surface area contributed by atoms with Crippen LogP contribution in [0.3, 0.4) is 0 Å². The van der Waals surface area contributed by atoms with Crippen molar-refractivity contribution < 1.29 is 4.79 Å². The molecule has 0 unspecified atom stereocenters. The highest BCUT2D eigenvalue weighted by Gasteiger charge is 2.25. The van der Waals surface area contributed by atoms with Gasteiger partial charge in [-0.2, -0.15) is 0 Å². The van der Waals surface area contributed by atoms with Gasteiger partial charge in [-0.15, -0.1) is 11.3 Å². The third kappa shape index (κ3) is 2.76. The van der Waals surface area contributed by atoms with E-state index in [2.05, 4.69) is 23.2 Å². The summed E-state index contributed by atoms with van der Waals surface area (Å²) >= 11 is 1.31. The molecule has 6 heteroatoms. The van der Waals surface area contributed by atoms with Crippen LogP contribution in [0.5, 0.6) is 0 Å². The van der Waals surface area contributed by atoms with Gasteiger partial charge in [0.05, 0.1) is 16.6 Å². The first-order chi connectivity index (χ1) is 12.6. The van der Waals surface area contributed by atoms with Crippen LogP contribution in [0.2, 0.25) is 0 Å². The number of rotatable bonds is 2. The number of nitrogens with zero attached hydrogens (tertiary/aromatic N) is 3. The molecule has 1 aliphatic rings. The molecule has 132 valence electrons. The fraction of sp³-hybridized carbons (Fsp3) is 0.250. The Hall–Kier alpha value is -2.73. The van der Waals surface area contributed by atoms with Crippen LogP contribution in [0.25, 0.3) is 15.8 Å². The maximum atomic E-state index is 13.0. The molecular weight excluding hydrogens is 346 g/mol. The highest BCUT2D eigenvalue weighted by Crippen LogP contribution is 2.29. The summed E-state index contributed by atoms with van der Waals surface area (Å²) in [5, 5.41) is 0.556. The van der Waals surface area contributed by atoms with Crippen molar-refractivity contribution in [3.63, 3.8) is 0 Å². The lowest BCUT2D eigenvalue weighted by Gasteiger charge is -2.26. The summed E-state index contributed by atoms with van der Waals surface area (Å²) in [4.78, 5) is 32.7.